The van der Waals surface area contributed by atoms with Gasteiger partial charge in [0.05, 0.1) is 0 Å². The Labute approximate surface area is 116 Å². The molecule has 0 saturated carbocycles. The minimum absolute atomic E-state index is 0.389. The van der Waals surface area contributed by atoms with E-state index in [9.17, 15) is 0 Å². The van der Waals surface area contributed by atoms with Crippen molar-refractivity contribution in [3.05, 3.63) is 17.6 Å². The molecule has 106 valence electrons. The molecule has 1 fully saturated rings. The van der Waals surface area contributed by atoms with Gasteiger partial charge in [0.1, 0.15) is 11.6 Å². The van der Waals surface area contributed by atoms with Crippen LogP contribution in [0.5, 0.6) is 0 Å². The summed E-state index contributed by atoms with van der Waals surface area (Å²) < 4.78 is 0. The highest BCUT2D eigenvalue weighted by Crippen LogP contribution is 2.23. The van der Waals surface area contributed by atoms with Crippen LogP contribution in [0.1, 0.15) is 44.1 Å². The standard InChI is InChI=1S/C15H26N4/c1-11(2)15-17-12(3)9-14(18-15)19-7-5-13(6-8-19)10-16-4/h9,11,13,16H,5-8,10H2,1-4H3. The van der Waals surface area contributed by atoms with Crippen molar-refractivity contribution in [3.8, 4) is 0 Å². The van der Waals surface area contributed by atoms with Crippen LogP contribution in [0.2, 0.25) is 0 Å². The number of anilines is 1. The van der Waals surface area contributed by atoms with Gasteiger partial charge < -0.3 is 10.2 Å². The van der Waals surface area contributed by atoms with Gasteiger partial charge in [0.25, 0.3) is 0 Å². The van der Waals surface area contributed by atoms with E-state index in [1.165, 1.54) is 12.8 Å². The van der Waals surface area contributed by atoms with Crippen molar-refractivity contribution in [1.29, 1.82) is 0 Å². The van der Waals surface area contributed by atoms with Crippen LogP contribution in [0.3, 0.4) is 0 Å². The Morgan fingerprint density at radius 1 is 1.32 bits per heavy atom. The molecule has 1 aromatic heterocycles. The lowest BCUT2D eigenvalue weighted by Crippen LogP contribution is -2.37. The largest absolute Gasteiger partial charge is 0.356 e. The molecule has 0 atom stereocenters. The maximum absolute atomic E-state index is 4.73. The predicted octanol–water partition coefficient (Wildman–Crippen LogP) is 2.34. The molecule has 1 aliphatic rings. The summed E-state index contributed by atoms with van der Waals surface area (Å²) in [7, 11) is 2.04. The number of hydrogen-bond donors (Lipinski definition) is 1. The lowest BCUT2D eigenvalue weighted by Gasteiger charge is -2.33. The first-order chi connectivity index (χ1) is 9.10. The van der Waals surface area contributed by atoms with Gasteiger partial charge in [0, 0.05) is 30.8 Å². The Morgan fingerprint density at radius 2 is 2.00 bits per heavy atom. The number of aromatic nitrogens is 2. The van der Waals surface area contributed by atoms with Crippen LogP contribution in [-0.4, -0.2) is 36.6 Å². The van der Waals surface area contributed by atoms with Crippen molar-refractivity contribution < 1.29 is 0 Å². The van der Waals surface area contributed by atoms with Crippen molar-refractivity contribution in [1.82, 2.24) is 15.3 Å². The van der Waals surface area contributed by atoms with E-state index in [1.807, 2.05) is 7.05 Å². The summed E-state index contributed by atoms with van der Waals surface area (Å²) in [5.41, 5.74) is 1.08. The van der Waals surface area contributed by atoms with Crippen LogP contribution < -0.4 is 10.2 Å². The van der Waals surface area contributed by atoms with Gasteiger partial charge >= 0.3 is 0 Å². The Kier molecular flexibility index (Phi) is 4.75. The fourth-order valence-corrected chi connectivity index (χ4v) is 2.65. The number of hydrogen-bond acceptors (Lipinski definition) is 4. The molecule has 0 bridgehead atoms. The molecule has 4 nitrogen and oxygen atoms in total. The van der Waals surface area contributed by atoms with Gasteiger partial charge in [0.2, 0.25) is 0 Å². The molecule has 2 rings (SSSR count). The molecule has 0 aliphatic carbocycles. The molecule has 4 heteroatoms. The first-order valence-electron chi connectivity index (χ1n) is 7.35. The zero-order valence-corrected chi connectivity index (χ0v) is 12.6. The van der Waals surface area contributed by atoms with Gasteiger partial charge in [-0.25, -0.2) is 9.97 Å². The summed E-state index contributed by atoms with van der Waals surface area (Å²) in [6.07, 6.45) is 2.50. The SMILES string of the molecule is CNCC1CCN(c2cc(C)nc(C(C)C)n2)CC1. The van der Waals surface area contributed by atoms with E-state index in [2.05, 4.69) is 42.0 Å². The molecule has 0 unspecified atom stereocenters. The first kappa shape index (κ1) is 14.3. The van der Waals surface area contributed by atoms with E-state index in [-0.39, 0.29) is 0 Å². The van der Waals surface area contributed by atoms with Crippen molar-refractivity contribution >= 4 is 5.82 Å². The summed E-state index contributed by atoms with van der Waals surface area (Å²) >= 11 is 0. The normalized spacial score (nSPS) is 17.2. The van der Waals surface area contributed by atoms with Crippen LogP contribution in [0, 0.1) is 12.8 Å². The predicted molar refractivity (Wildman–Crippen MR) is 79.7 cm³/mol. The van der Waals surface area contributed by atoms with Gasteiger partial charge in [-0.05, 0) is 39.3 Å². The molecule has 0 spiro atoms. The van der Waals surface area contributed by atoms with Crippen LogP contribution in [-0.2, 0) is 0 Å². The van der Waals surface area contributed by atoms with Crippen LogP contribution >= 0.6 is 0 Å². The monoisotopic (exact) mass is 262 g/mol. The van der Waals surface area contributed by atoms with Gasteiger partial charge in [-0.2, -0.15) is 0 Å². The van der Waals surface area contributed by atoms with Crippen LogP contribution in [0.15, 0.2) is 6.07 Å². The van der Waals surface area contributed by atoms with Crippen LogP contribution in [0.25, 0.3) is 0 Å². The second-order valence-corrected chi connectivity index (χ2v) is 5.87. The zero-order valence-electron chi connectivity index (χ0n) is 12.6. The molecule has 0 amide bonds. The number of aryl methyl sites for hydroxylation is 1. The highest BCUT2D eigenvalue weighted by Gasteiger charge is 2.20. The van der Waals surface area contributed by atoms with E-state index in [1.54, 1.807) is 0 Å². The second kappa shape index (κ2) is 6.33. The fourth-order valence-electron chi connectivity index (χ4n) is 2.65. The minimum Gasteiger partial charge on any atom is -0.356 e. The number of nitrogens with zero attached hydrogens (tertiary/aromatic N) is 3. The maximum Gasteiger partial charge on any atom is 0.133 e. The molecule has 2 heterocycles. The Balaban J connectivity index is 2.06. The second-order valence-electron chi connectivity index (χ2n) is 5.87. The minimum atomic E-state index is 0.389. The summed E-state index contributed by atoms with van der Waals surface area (Å²) in [5.74, 6) is 3.28. The first-order valence-corrected chi connectivity index (χ1v) is 7.35. The molecular formula is C15H26N4. The van der Waals surface area contributed by atoms with Gasteiger partial charge in [-0.15, -0.1) is 0 Å². The Morgan fingerprint density at radius 3 is 2.58 bits per heavy atom. The summed E-state index contributed by atoms with van der Waals surface area (Å²) in [6, 6.07) is 2.12. The fraction of sp³-hybridized carbons (Fsp3) is 0.733. The molecular weight excluding hydrogens is 236 g/mol. The van der Waals surface area contributed by atoms with E-state index < -0.39 is 0 Å². The maximum atomic E-state index is 4.73. The lowest BCUT2D eigenvalue weighted by atomic mass is 9.97. The topological polar surface area (TPSA) is 41.0 Å². The quantitative estimate of drug-likeness (QED) is 0.904. The van der Waals surface area contributed by atoms with Gasteiger partial charge in [-0.1, -0.05) is 13.8 Å². The number of piperidine rings is 1. The molecule has 19 heavy (non-hydrogen) atoms. The van der Waals surface area contributed by atoms with E-state index in [0.717, 1.165) is 42.9 Å². The summed E-state index contributed by atoms with van der Waals surface area (Å²) in [6.45, 7) is 9.72. The molecule has 0 radical (unpaired) electrons. The highest BCUT2D eigenvalue weighted by molar-refractivity contribution is 5.40. The van der Waals surface area contributed by atoms with Crippen molar-refractivity contribution in [2.24, 2.45) is 5.92 Å². The van der Waals surface area contributed by atoms with Gasteiger partial charge in [-0.3, -0.25) is 0 Å². The third-order valence-electron chi connectivity index (χ3n) is 3.81. The van der Waals surface area contributed by atoms with Crippen LogP contribution in [0.4, 0.5) is 5.82 Å². The molecule has 1 aliphatic heterocycles. The average molecular weight is 262 g/mol. The Bertz CT molecular complexity index is 409. The summed E-state index contributed by atoms with van der Waals surface area (Å²) in [5, 5.41) is 3.28. The highest BCUT2D eigenvalue weighted by atomic mass is 15.2. The number of rotatable bonds is 4. The number of nitrogens with one attached hydrogen (secondary N) is 1. The smallest absolute Gasteiger partial charge is 0.133 e. The summed E-state index contributed by atoms with van der Waals surface area (Å²) in [4.78, 5) is 11.7. The average Bonchev–Trinajstić information content (AvgIpc) is 2.39. The van der Waals surface area contributed by atoms with E-state index in [0.29, 0.717) is 5.92 Å². The third-order valence-corrected chi connectivity index (χ3v) is 3.81. The van der Waals surface area contributed by atoms with Crippen molar-refractivity contribution in [2.45, 2.75) is 39.5 Å². The third kappa shape index (κ3) is 3.66. The zero-order chi connectivity index (χ0) is 13.8. The molecule has 1 saturated heterocycles. The Hall–Kier alpha value is -1.16. The van der Waals surface area contributed by atoms with Crippen molar-refractivity contribution in [2.75, 3.05) is 31.6 Å². The van der Waals surface area contributed by atoms with E-state index >= 15 is 0 Å². The lowest BCUT2D eigenvalue weighted by molar-refractivity contribution is 0.392. The molecule has 1 aromatic rings. The van der Waals surface area contributed by atoms with E-state index in [4.69, 9.17) is 4.98 Å². The molecule has 1 N–H and O–H groups in total. The van der Waals surface area contributed by atoms with Crippen molar-refractivity contribution in [3.63, 3.8) is 0 Å². The molecule has 0 aromatic carbocycles. The van der Waals surface area contributed by atoms with Gasteiger partial charge in [0.15, 0.2) is 0 Å².